The van der Waals surface area contributed by atoms with Gasteiger partial charge in [-0.2, -0.15) is 0 Å². The summed E-state index contributed by atoms with van der Waals surface area (Å²) in [6, 6.07) is 15.3. The number of thioether (sulfide) groups is 1. The van der Waals surface area contributed by atoms with Gasteiger partial charge in [0.05, 0.1) is 21.8 Å². The number of carbonyl (C=O) groups is 1. The molecule has 0 spiro atoms. The molecule has 1 aromatic heterocycles. The Morgan fingerprint density at radius 3 is 2.55 bits per heavy atom. The summed E-state index contributed by atoms with van der Waals surface area (Å²) in [5.41, 5.74) is 2.47. The first kappa shape index (κ1) is 19.7. The average Bonchev–Trinajstić information content (AvgIpc) is 3.28. The maximum atomic E-state index is 13.4. The van der Waals surface area contributed by atoms with Gasteiger partial charge >= 0.3 is 0 Å². The van der Waals surface area contributed by atoms with Crippen molar-refractivity contribution in [2.45, 2.75) is 43.5 Å². The van der Waals surface area contributed by atoms with E-state index in [2.05, 4.69) is 6.92 Å². The van der Waals surface area contributed by atoms with Crippen LogP contribution in [0.15, 0.2) is 58.5 Å². The van der Waals surface area contributed by atoms with Gasteiger partial charge in [0, 0.05) is 13.1 Å². The third kappa shape index (κ3) is 3.81. The van der Waals surface area contributed by atoms with Gasteiger partial charge in [0.15, 0.2) is 5.16 Å². The molecular formula is C23H25N3O2S. The summed E-state index contributed by atoms with van der Waals surface area (Å²) in [5, 5.41) is 0.845. The number of hydrogen-bond donors (Lipinski definition) is 0. The van der Waals surface area contributed by atoms with Crippen molar-refractivity contribution in [1.29, 1.82) is 0 Å². The number of para-hydroxylation sites is 2. The molecule has 2 aromatic carbocycles. The molecule has 1 amide bonds. The predicted octanol–water partition coefficient (Wildman–Crippen LogP) is 4.05. The van der Waals surface area contributed by atoms with Crippen LogP contribution in [0.1, 0.15) is 32.3 Å². The van der Waals surface area contributed by atoms with Crippen molar-refractivity contribution in [2.24, 2.45) is 0 Å². The Morgan fingerprint density at radius 2 is 1.79 bits per heavy atom. The Morgan fingerprint density at radius 1 is 1.10 bits per heavy atom. The topological polar surface area (TPSA) is 55.2 Å². The Hall–Kier alpha value is -2.60. The van der Waals surface area contributed by atoms with Crippen molar-refractivity contribution >= 4 is 28.6 Å². The highest BCUT2D eigenvalue weighted by molar-refractivity contribution is 8.00. The van der Waals surface area contributed by atoms with E-state index in [1.165, 1.54) is 11.8 Å². The van der Waals surface area contributed by atoms with Crippen molar-refractivity contribution in [3.05, 3.63) is 64.4 Å². The molecule has 29 heavy (non-hydrogen) atoms. The zero-order valence-corrected chi connectivity index (χ0v) is 17.6. The van der Waals surface area contributed by atoms with Crippen LogP contribution in [-0.2, 0) is 11.2 Å². The van der Waals surface area contributed by atoms with Crippen LogP contribution in [-0.4, -0.2) is 38.7 Å². The van der Waals surface area contributed by atoms with Crippen molar-refractivity contribution in [3.63, 3.8) is 0 Å². The Kier molecular flexibility index (Phi) is 5.72. The number of amides is 1. The molecule has 1 atom stereocenters. The average molecular weight is 408 g/mol. The highest BCUT2D eigenvalue weighted by atomic mass is 32.2. The first-order valence-electron chi connectivity index (χ1n) is 10.2. The van der Waals surface area contributed by atoms with Gasteiger partial charge in [-0.15, -0.1) is 0 Å². The summed E-state index contributed by atoms with van der Waals surface area (Å²) < 4.78 is 1.68. The van der Waals surface area contributed by atoms with E-state index < -0.39 is 0 Å². The van der Waals surface area contributed by atoms with E-state index in [0.29, 0.717) is 16.1 Å². The molecule has 0 unspecified atom stereocenters. The second-order valence-electron chi connectivity index (χ2n) is 7.33. The van der Waals surface area contributed by atoms with Gasteiger partial charge in [-0.3, -0.25) is 14.2 Å². The number of benzene rings is 2. The lowest BCUT2D eigenvalue weighted by atomic mass is 10.1. The van der Waals surface area contributed by atoms with Gasteiger partial charge in [0.25, 0.3) is 5.56 Å². The summed E-state index contributed by atoms with van der Waals surface area (Å²) in [6.07, 6.45) is 2.93. The fourth-order valence-corrected chi connectivity index (χ4v) is 4.84. The Labute approximate surface area is 174 Å². The van der Waals surface area contributed by atoms with Crippen molar-refractivity contribution in [1.82, 2.24) is 14.5 Å². The lowest BCUT2D eigenvalue weighted by molar-refractivity contribution is -0.129. The lowest BCUT2D eigenvalue weighted by Crippen LogP contribution is -2.34. The molecule has 1 saturated heterocycles. The third-order valence-electron chi connectivity index (χ3n) is 5.41. The fourth-order valence-electron chi connectivity index (χ4n) is 3.83. The molecule has 150 valence electrons. The number of fused-ring (bicyclic) bond motifs is 1. The zero-order valence-electron chi connectivity index (χ0n) is 16.8. The molecule has 1 fully saturated rings. The van der Waals surface area contributed by atoms with Crippen molar-refractivity contribution in [2.75, 3.05) is 13.1 Å². The fraction of sp³-hybridized carbons (Fsp3) is 0.348. The molecule has 6 heteroatoms. The first-order chi connectivity index (χ1) is 14.1. The molecule has 0 aliphatic carbocycles. The molecule has 3 aromatic rings. The number of aryl methyl sites for hydroxylation is 1. The number of aromatic nitrogens is 2. The highest BCUT2D eigenvalue weighted by Gasteiger charge is 2.26. The number of likely N-dealkylation sites (tertiary alicyclic amines) is 1. The second-order valence-corrected chi connectivity index (χ2v) is 8.63. The predicted molar refractivity (Wildman–Crippen MR) is 118 cm³/mol. The van der Waals surface area contributed by atoms with Gasteiger partial charge in [-0.25, -0.2) is 4.98 Å². The third-order valence-corrected chi connectivity index (χ3v) is 6.45. The Bertz CT molecular complexity index is 1100. The van der Waals surface area contributed by atoms with E-state index in [0.717, 1.165) is 43.6 Å². The summed E-state index contributed by atoms with van der Waals surface area (Å²) in [4.78, 5) is 33.0. The molecular weight excluding hydrogens is 382 g/mol. The van der Waals surface area contributed by atoms with Gasteiger partial charge in [0.2, 0.25) is 5.91 Å². The summed E-state index contributed by atoms with van der Waals surface area (Å²) in [7, 11) is 0. The second kappa shape index (κ2) is 8.41. The van der Waals surface area contributed by atoms with Gasteiger partial charge < -0.3 is 4.90 Å². The van der Waals surface area contributed by atoms with Crippen LogP contribution in [0.5, 0.6) is 0 Å². The van der Waals surface area contributed by atoms with E-state index in [4.69, 9.17) is 4.98 Å². The molecule has 0 radical (unpaired) electrons. The maximum absolute atomic E-state index is 13.4. The standard InChI is InChI=1S/C23H25N3O2S/c1-3-17-10-4-7-13-20(17)26-22(28)18-11-5-6-12-19(18)24-23(26)29-16(2)21(27)25-14-8-9-15-25/h4-7,10-13,16H,3,8-9,14-15H2,1-2H3/t16-/m0/s1. The van der Waals surface area contributed by atoms with E-state index in [-0.39, 0.29) is 16.7 Å². The molecule has 0 bridgehead atoms. The number of carbonyl (C=O) groups excluding carboxylic acids is 1. The minimum absolute atomic E-state index is 0.0974. The normalized spacial score (nSPS) is 15.0. The molecule has 1 aliphatic heterocycles. The SMILES string of the molecule is CCc1ccccc1-n1c(S[C@@H](C)C(=O)N2CCCC2)nc2ccccc2c1=O. The van der Waals surface area contributed by atoms with Crippen LogP contribution >= 0.6 is 11.8 Å². The summed E-state index contributed by atoms with van der Waals surface area (Å²) >= 11 is 1.37. The largest absolute Gasteiger partial charge is 0.342 e. The minimum Gasteiger partial charge on any atom is -0.342 e. The Balaban J connectivity index is 1.83. The van der Waals surface area contributed by atoms with Crippen LogP contribution in [0.3, 0.4) is 0 Å². The monoisotopic (exact) mass is 407 g/mol. The van der Waals surface area contributed by atoms with Crippen LogP contribution in [0.4, 0.5) is 0 Å². The molecule has 0 N–H and O–H groups in total. The smallest absolute Gasteiger partial charge is 0.266 e. The molecule has 1 aliphatic rings. The van der Waals surface area contributed by atoms with Crippen molar-refractivity contribution < 1.29 is 4.79 Å². The summed E-state index contributed by atoms with van der Waals surface area (Å²) in [5.74, 6) is 0.116. The number of rotatable bonds is 5. The number of nitrogens with zero attached hydrogens (tertiary/aromatic N) is 3. The number of hydrogen-bond acceptors (Lipinski definition) is 4. The van der Waals surface area contributed by atoms with Crippen LogP contribution in [0.2, 0.25) is 0 Å². The van der Waals surface area contributed by atoms with Crippen molar-refractivity contribution in [3.8, 4) is 5.69 Å². The maximum Gasteiger partial charge on any atom is 0.266 e. The first-order valence-corrected chi connectivity index (χ1v) is 11.0. The van der Waals surface area contributed by atoms with Crippen LogP contribution in [0, 0.1) is 0 Å². The van der Waals surface area contributed by atoms with Crippen LogP contribution in [0.25, 0.3) is 16.6 Å². The zero-order chi connectivity index (χ0) is 20.4. The van der Waals surface area contributed by atoms with Crippen LogP contribution < -0.4 is 5.56 Å². The van der Waals surface area contributed by atoms with Gasteiger partial charge in [-0.1, -0.05) is 49.0 Å². The quantitative estimate of drug-likeness (QED) is 0.473. The van der Waals surface area contributed by atoms with E-state index in [9.17, 15) is 9.59 Å². The van der Waals surface area contributed by atoms with E-state index in [1.54, 1.807) is 4.57 Å². The molecule has 2 heterocycles. The lowest BCUT2D eigenvalue weighted by Gasteiger charge is -2.21. The molecule has 0 saturated carbocycles. The van der Waals surface area contributed by atoms with Gasteiger partial charge in [-0.05, 0) is 49.9 Å². The van der Waals surface area contributed by atoms with Gasteiger partial charge in [0.1, 0.15) is 0 Å². The minimum atomic E-state index is -0.304. The molecule has 5 nitrogen and oxygen atoms in total. The summed E-state index contributed by atoms with van der Waals surface area (Å²) in [6.45, 7) is 5.62. The van der Waals surface area contributed by atoms with E-state index in [1.807, 2.05) is 60.4 Å². The van der Waals surface area contributed by atoms with E-state index >= 15 is 0 Å². The molecule has 4 rings (SSSR count). The highest BCUT2D eigenvalue weighted by Crippen LogP contribution is 2.28.